The van der Waals surface area contributed by atoms with E-state index in [9.17, 15) is 14.7 Å². The zero-order chi connectivity index (χ0) is 9.14. The standard InChI is InChI=1S/C8H6O4.K.Na.H2O/c9-7(10)5-3-1-2-4-6(5)8(11)12;;;/h1-4H,(H,9,10)(H,11,12);;;1H2/q;2*+1;/p-2. The number of carbonyl (C=O) groups is 2. The van der Waals surface area contributed by atoms with E-state index >= 15 is 0 Å². The van der Waals surface area contributed by atoms with Gasteiger partial charge in [0, 0.05) is 5.56 Å². The summed E-state index contributed by atoms with van der Waals surface area (Å²) in [7, 11) is 0. The van der Waals surface area contributed by atoms with E-state index in [1.54, 1.807) is 0 Å². The van der Waals surface area contributed by atoms with Crippen molar-refractivity contribution in [2.75, 3.05) is 0 Å². The molecule has 0 fully saturated rings. The predicted octanol–water partition coefficient (Wildman–Crippen LogP) is -6.42. The van der Waals surface area contributed by atoms with Gasteiger partial charge in [0.1, 0.15) is 0 Å². The fourth-order valence-corrected chi connectivity index (χ4v) is 0.848. The molecule has 70 valence electrons. The molecule has 0 spiro atoms. The van der Waals surface area contributed by atoms with Crippen molar-refractivity contribution in [3.05, 3.63) is 35.4 Å². The van der Waals surface area contributed by atoms with Crippen molar-refractivity contribution in [2.45, 2.75) is 0 Å². The summed E-state index contributed by atoms with van der Waals surface area (Å²) in [5.74, 6) is -2.75. The quantitative estimate of drug-likeness (QED) is 0.520. The van der Waals surface area contributed by atoms with E-state index in [0.29, 0.717) is 0 Å². The molecule has 7 heteroatoms. The van der Waals surface area contributed by atoms with Crippen LogP contribution in [0.5, 0.6) is 0 Å². The Hall–Kier alpha value is 0.756. The Kier molecular flexibility index (Phi) is 14.0. The van der Waals surface area contributed by atoms with E-state index in [2.05, 4.69) is 0 Å². The number of hydrogen-bond donors (Lipinski definition) is 1. The summed E-state index contributed by atoms with van der Waals surface area (Å²) in [5.41, 5.74) is -0.553. The molecule has 0 aliphatic rings. The first kappa shape index (κ1) is 21.1. The zero-order valence-electron chi connectivity index (χ0n) is 8.43. The van der Waals surface area contributed by atoms with Crippen molar-refractivity contribution < 1.29 is 106 Å². The van der Waals surface area contributed by atoms with Gasteiger partial charge in [-0.1, -0.05) is 18.2 Å². The van der Waals surface area contributed by atoms with Crippen LogP contribution in [-0.2, 0) is 0 Å². The molecule has 0 aromatic heterocycles. The fraction of sp³-hybridized carbons (Fsp3) is 0. The van der Waals surface area contributed by atoms with Crippen molar-refractivity contribution in [1.29, 1.82) is 0 Å². The van der Waals surface area contributed by atoms with Gasteiger partial charge in [0.2, 0.25) is 0 Å². The molecule has 0 atom stereocenters. The molecule has 1 aromatic carbocycles. The number of aromatic carboxylic acids is 2. The van der Waals surface area contributed by atoms with E-state index in [0.717, 1.165) is 0 Å². The molecule has 1 rings (SSSR count). The minimum Gasteiger partial charge on any atom is -0.870 e. The van der Waals surface area contributed by atoms with Gasteiger partial charge < -0.3 is 20.5 Å². The van der Waals surface area contributed by atoms with Crippen molar-refractivity contribution in [3.63, 3.8) is 0 Å². The van der Waals surface area contributed by atoms with Gasteiger partial charge in [-0.2, -0.15) is 0 Å². The molecule has 1 aromatic rings. The smallest absolute Gasteiger partial charge is 0.870 e. The van der Waals surface area contributed by atoms with Gasteiger partial charge in [0.05, 0.1) is 11.5 Å². The maximum Gasteiger partial charge on any atom is 1.00 e. The third-order valence-corrected chi connectivity index (χ3v) is 1.38. The van der Waals surface area contributed by atoms with Crippen LogP contribution < -0.4 is 86.0 Å². The van der Waals surface area contributed by atoms with E-state index in [4.69, 9.17) is 5.11 Å². The summed E-state index contributed by atoms with van der Waals surface area (Å²) in [5, 5.41) is 18.9. The second kappa shape index (κ2) is 9.95. The fourth-order valence-electron chi connectivity index (χ4n) is 0.848. The Morgan fingerprint density at radius 2 is 1.53 bits per heavy atom. The maximum atomic E-state index is 10.4. The number of hydrogen-bond acceptors (Lipinski definition) is 4. The van der Waals surface area contributed by atoms with Gasteiger partial charge in [-0.15, -0.1) is 0 Å². The summed E-state index contributed by atoms with van der Waals surface area (Å²) < 4.78 is 0. The van der Waals surface area contributed by atoms with E-state index in [-0.39, 0.29) is 97.5 Å². The van der Waals surface area contributed by atoms with Gasteiger partial charge in [0.15, 0.2) is 0 Å². The Bertz CT molecular complexity index is 309. The Balaban J connectivity index is -0.000000480. The topological polar surface area (TPSA) is 107 Å². The Morgan fingerprint density at radius 3 is 1.80 bits per heavy atom. The number of benzene rings is 1. The average Bonchev–Trinajstić information content (AvgIpc) is 2.04. The van der Waals surface area contributed by atoms with Crippen molar-refractivity contribution in [3.8, 4) is 0 Å². The first-order chi connectivity index (χ1) is 5.63. The Morgan fingerprint density at radius 1 is 1.13 bits per heavy atom. The largest absolute Gasteiger partial charge is 1.00 e. The van der Waals surface area contributed by atoms with Crippen LogP contribution in [0.15, 0.2) is 24.3 Å². The SMILES string of the molecule is O=C([O-])c1ccccc1C(=O)O.[K+].[Na+].[OH-]. The second-order valence-corrected chi connectivity index (χ2v) is 2.14. The second-order valence-electron chi connectivity index (χ2n) is 2.14. The van der Waals surface area contributed by atoms with Gasteiger partial charge in [-0.3, -0.25) is 0 Å². The molecule has 0 aliphatic heterocycles. The molecular formula is C8H6KNaO5. The molecule has 15 heavy (non-hydrogen) atoms. The van der Waals surface area contributed by atoms with Crippen LogP contribution in [0.2, 0.25) is 0 Å². The molecule has 5 nitrogen and oxygen atoms in total. The predicted molar refractivity (Wildman–Crippen MR) is 39.7 cm³/mol. The van der Waals surface area contributed by atoms with Crippen LogP contribution in [0.4, 0.5) is 0 Å². The van der Waals surface area contributed by atoms with Gasteiger partial charge in [-0.05, 0) is 6.07 Å². The van der Waals surface area contributed by atoms with Gasteiger partial charge in [0.25, 0.3) is 0 Å². The zero-order valence-corrected chi connectivity index (χ0v) is 13.6. The van der Waals surface area contributed by atoms with E-state index < -0.39 is 11.9 Å². The molecular weight excluding hydrogens is 238 g/mol. The molecule has 0 unspecified atom stereocenters. The number of carboxylic acids is 2. The number of carboxylic acid groups (broad SMARTS) is 2. The van der Waals surface area contributed by atoms with Crippen LogP contribution in [0, 0.1) is 0 Å². The molecule has 0 radical (unpaired) electrons. The summed E-state index contributed by atoms with van der Waals surface area (Å²) in [6.45, 7) is 0. The minimum absolute atomic E-state index is 0. The van der Waals surface area contributed by atoms with Crippen LogP contribution in [0.3, 0.4) is 0 Å². The Labute approximate surface area is 151 Å². The first-order valence-electron chi connectivity index (χ1n) is 3.16. The third-order valence-electron chi connectivity index (χ3n) is 1.38. The monoisotopic (exact) mass is 244 g/mol. The van der Waals surface area contributed by atoms with E-state index in [1.165, 1.54) is 24.3 Å². The van der Waals surface area contributed by atoms with Crippen LogP contribution in [0.25, 0.3) is 0 Å². The van der Waals surface area contributed by atoms with Gasteiger partial charge in [-0.25, -0.2) is 4.79 Å². The molecule has 0 amide bonds. The molecule has 0 saturated carbocycles. The summed E-state index contributed by atoms with van der Waals surface area (Å²) in [6.07, 6.45) is 0. The van der Waals surface area contributed by atoms with E-state index in [1.807, 2.05) is 0 Å². The molecule has 0 saturated heterocycles. The van der Waals surface area contributed by atoms with Crippen molar-refractivity contribution in [2.24, 2.45) is 0 Å². The van der Waals surface area contributed by atoms with Crippen LogP contribution in [0.1, 0.15) is 20.7 Å². The number of carbonyl (C=O) groups excluding carboxylic acids is 1. The van der Waals surface area contributed by atoms with Crippen molar-refractivity contribution >= 4 is 11.9 Å². The molecule has 0 bridgehead atoms. The number of rotatable bonds is 2. The summed E-state index contributed by atoms with van der Waals surface area (Å²) in [6, 6.07) is 5.31. The normalized spacial score (nSPS) is 7.47. The molecule has 0 heterocycles. The summed E-state index contributed by atoms with van der Waals surface area (Å²) >= 11 is 0. The van der Waals surface area contributed by atoms with Crippen LogP contribution >= 0.6 is 0 Å². The van der Waals surface area contributed by atoms with Crippen LogP contribution in [-0.4, -0.2) is 22.5 Å². The molecule has 2 N–H and O–H groups in total. The van der Waals surface area contributed by atoms with Crippen molar-refractivity contribution in [1.82, 2.24) is 0 Å². The molecule has 0 aliphatic carbocycles. The minimum atomic E-state index is -1.48. The van der Waals surface area contributed by atoms with Gasteiger partial charge >= 0.3 is 86.9 Å². The third kappa shape index (κ3) is 6.15. The summed E-state index contributed by atoms with van der Waals surface area (Å²) in [4.78, 5) is 20.8. The first-order valence-corrected chi connectivity index (χ1v) is 3.16. The average molecular weight is 244 g/mol. The maximum absolute atomic E-state index is 10.4.